The quantitative estimate of drug-likeness (QED) is 0.905. The van der Waals surface area contributed by atoms with E-state index < -0.39 is 0 Å². The lowest BCUT2D eigenvalue weighted by Gasteiger charge is -2.38. The molecule has 7 nitrogen and oxygen atoms in total. The Morgan fingerprint density at radius 1 is 1.48 bits per heavy atom. The average molecular weight is 288 g/mol. The van der Waals surface area contributed by atoms with Gasteiger partial charge in [-0.05, 0) is 14.0 Å². The van der Waals surface area contributed by atoms with E-state index in [1.165, 1.54) is 0 Å². The van der Waals surface area contributed by atoms with Crippen molar-refractivity contribution in [3.63, 3.8) is 0 Å². The highest BCUT2D eigenvalue weighted by molar-refractivity contribution is 5.93. The predicted octanol–water partition coefficient (Wildman–Crippen LogP) is 0.755. The maximum absolute atomic E-state index is 12.6. The monoisotopic (exact) mass is 288 g/mol. The molecule has 1 aliphatic rings. The lowest BCUT2D eigenvalue weighted by molar-refractivity contribution is 0.0534. The van der Waals surface area contributed by atoms with Gasteiger partial charge in [0.05, 0.1) is 17.8 Å². The summed E-state index contributed by atoms with van der Waals surface area (Å²) in [6.07, 6.45) is 7.01. The van der Waals surface area contributed by atoms with Gasteiger partial charge in [-0.15, -0.1) is 0 Å². The number of rotatable bonds is 3. The number of hydrogen-bond donors (Lipinski definition) is 1. The van der Waals surface area contributed by atoms with E-state index in [1.54, 1.807) is 17.1 Å². The van der Waals surface area contributed by atoms with Gasteiger partial charge < -0.3 is 9.88 Å². The van der Waals surface area contributed by atoms with Crippen LogP contribution in [-0.4, -0.2) is 62.1 Å². The SMILES string of the molecule is CCn1cc(C(=O)N2CCN(C)C(c3ncc[nH]3)C2)cn1. The summed E-state index contributed by atoms with van der Waals surface area (Å²) in [6, 6.07) is 0.110. The summed E-state index contributed by atoms with van der Waals surface area (Å²) in [6.45, 7) is 4.97. The molecular weight excluding hydrogens is 268 g/mol. The van der Waals surface area contributed by atoms with E-state index in [0.717, 1.165) is 25.5 Å². The first-order valence-electron chi connectivity index (χ1n) is 7.20. The van der Waals surface area contributed by atoms with Gasteiger partial charge in [0.2, 0.25) is 0 Å². The maximum Gasteiger partial charge on any atom is 0.257 e. The summed E-state index contributed by atoms with van der Waals surface area (Å²) >= 11 is 0. The Hall–Kier alpha value is -2.15. The Labute approximate surface area is 123 Å². The highest BCUT2D eigenvalue weighted by Crippen LogP contribution is 2.22. The van der Waals surface area contributed by atoms with Crippen molar-refractivity contribution in [3.05, 3.63) is 36.2 Å². The number of H-pyrrole nitrogens is 1. The van der Waals surface area contributed by atoms with Gasteiger partial charge in [-0.3, -0.25) is 14.4 Å². The number of carbonyl (C=O) groups is 1. The third kappa shape index (κ3) is 2.69. The van der Waals surface area contributed by atoms with Crippen LogP contribution in [0.3, 0.4) is 0 Å². The Morgan fingerprint density at radius 2 is 2.33 bits per heavy atom. The molecule has 7 heteroatoms. The van der Waals surface area contributed by atoms with E-state index in [9.17, 15) is 4.79 Å². The fourth-order valence-electron chi connectivity index (χ4n) is 2.64. The molecule has 1 unspecified atom stereocenters. The fraction of sp³-hybridized carbons (Fsp3) is 0.500. The number of piperazine rings is 1. The number of aromatic nitrogens is 4. The number of aromatic amines is 1. The normalized spacial score (nSPS) is 19.9. The summed E-state index contributed by atoms with van der Waals surface area (Å²) in [4.78, 5) is 24.1. The summed E-state index contributed by atoms with van der Waals surface area (Å²) in [5.41, 5.74) is 0.652. The van der Waals surface area contributed by atoms with Crippen LogP contribution in [-0.2, 0) is 6.54 Å². The van der Waals surface area contributed by atoms with Gasteiger partial charge in [0.15, 0.2) is 0 Å². The molecule has 0 radical (unpaired) electrons. The molecule has 1 atom stereocenters. The lowest BCUT2D eigenvalue weighted by Crippen LogP contribution is -2.49. The minimum absolute atomic E-state index is 0.0411. The Balaban J connectivity index is 1.75. The summed E-state index contributed by atoms with van der Waals surface area (Å²) in [7, 11) is 2.06. The van der Waals surface area contributed by atoms with Gasteiger partial charge in [0, 0.05) is 44.8 Å². The standard InChI is InChI=1S/C14H20N6O/c1-3-20-9-11(8-17-20)14(21)19-7-6-18(2)12(10-19)13-15-4-5-16-13/h4-5,8-9,12H,3,6-7,10H2,1-2H3,(H,15,16). The summed E-state index contributed by atoms with van der Waals surface area (Å²) < 4.78 is 1.77. The molecule has 0 aromatic carbocycles. The molecule has 1 N–H and O–H groups in total. The van der Waals surface area contributed by atoms with Crippen molar-refractivity contribution in [3.8, 4) is 0 Å². The predicted molar refractivity (Wildman–Crippen MR) is 77.8 cm³/mol. The Kier molecular flexibility index (Phi) is 3.74. The molecule has 0 bridgehead atoms. The van der Waals surface area contributed by atoms with Crippen molar-refractivity contribution in [2.75, 3.05) is 26.7 Å². The minimum atomic E-state index is 0.0411. The fourth-order valence-corrected chi connectivity index (χ4v) is 2.64. The Bertz CT molecular complexity index is 605. The molecule has 21 heavy (non-hydrogen) atoms. The van der Waals surface area contributed by atoms with Gasteiger partial charge in [-0.1, -0.05) is 0 Å². The third-order valence-corrected chi connectivity index (χ3v) is 3.97. The number of imidazole rings is 1. The number of aryl methyl sites for hydroxylation is 1. The lowest BCUT2D eigenvalue weighted by atomic mass is 10.1. The van der Waals surface area contributed by atoms with Gasteiger partial charge >= 0.3 is 0 Å². The van der Waals surface area contributed by atoms with Crippen LogP contribution in [0.1, 0.15) is 29.1 Å². The largest absolute Gasteiger partial charge is 0.347 e. The molecule has 0 spiro atoms. The molecule has 2 aromatic rings. The van der Waals surface area contributed by atoms with Crippen molar-refractivity contribution < 1.29 is 4.79 Å². The van der Waals surface area contributed by atoms with Crippen LogP contribution >= 0.6 is 0 Å². The van der Waals surface area contributed by atoms with E-state index in [-0.39, 0.29) is 11.9 Å². The van der Waals surface area contributed by atoms with E-state index in [2.05, 4.69) is 27.0 Å². The van der Waals surface area contributed by atoms with Crippen molar-refractivity contribution >= 4 is 5.91 Å². The van der Waals surface area contributed by atoms with Crippen molar-refractivity contribution in [2.24, 2.45) is 0 Å². The maximum atomic E-state index is 12.6. The smallest absolute Gasteiger partial charge is 0.257 e. The average Bonchev–Trinajstić information content (AvgIpc) is 3.18. The topological polar surface area (TPSA) is 70.1 Å². The molecule has 3 heterocycles. The number of likely N-dealkylation sites (N-methyl/N-ethyl adjacent to an activating group) is 1. The van der Waals surface area contributed by atoms with Crippen molar-refractivity contribution in [2.45, 2.75) is 19.5 Å². The second-order valence-corrected chi connectivity index (χ2v) is 5.31. The van der Waals surface area contributed by atoms with E-state index in [0.29, 0.717) is 12.1 Å². The highest BCUT2D eigenvalue weighted by Gasteiger charge is 2.30. The second-order valence-electron chi connectivity index (χ2n) is 5.31. The molecule has 1 amide bonds. The van der Waals surface area contributed by atoms with Gasteiger partial charge in [-0.2, -0.15) is 5.10 Å². The van der Waals surface area contributed by atoms with Gasteiger partial charge in [0.25, 0.3) is 5.91 Å². The molecule has 2 aromatic heterocycles. The molecule has 112 valence electrons. The molecule has 0 saturated carbocycles. The van der Waals surface area contributed by atoms with E-state index >= 15 is 0 Å². The van der Waals surface area contributed by atoms with Gasteiger partial charge in [-0.25, -0.2) is 4.98 Å². The van der Waals surface area contributed by atoms with Crippen LogP contribution in [0, 0.1) is 0 Å². The number of nitrogens with zero attached hydrogens (tertiary/aromatic N) is 5. The number of hydrogen-bond acceptors (Lipinski definition) is 4. The molecular formula is C14H20N6O. The van der Waals surface area contributed by atoms with Gasteiger partial charge in [0.1, 0.15) is 5.82 Å². The molecule has 1 fully saturated rings. The zero-order valence-electron chi connectivity index (χ0n) is 12.4. The molecule has 0 aliphatic carbocycles. The van der Waals surface area contributed by atoms with Crippen molar-refractivity contribution in [1.82, 2.24) is 29.5 Å². The summed E-state index contributed by atoms with van der Waals surface area (Å²) in [5.74, 6) is 0.943. The van der Waals surface area contributed by atoms with E-state index in [4.69, 9.17) is 0 Å². The zero-order chi connectivity index (χ0) is 14.8. The van der Waals surface area contributed by atoms with Crippen LogP contribution in [0.15, 0.2) is 24.8 Å². The van der Waals surface area contributed by atoms with E-state index in [1.807, 2.05) is 24.2 Å². The Morgan fingerprint density at radius 3 is 3.00 bits per heavy atom. The molecule has 1 aliphatic heterocycles. The number of nitrogens with one attached hydrogen (secondary N) is 1. The number of carbonyl (C=O) groups excluding carboxylic acids is 1. The van der Waals surface area contributed by atoms with Crippen molar-refractivity contribution in [1.29, 1.82) is 0 Å². The highest BCUT2D eigenvalue weighted by atomic mass is 16.2. The van der Waals surface area contributed by atoms with Crippen LogP contribution < -0.4 is 0 Å². The van der Waals surface area contributed by atoms with Crippen LogP contribution in [0.2, 0.25) is 0 Å². The molecule has 1 saturated heterocycles. The van der Waals surface area contributed by atoms with Crippen LogP contribution in [0.5, 0.6) is 0 Å². The van der Waals surface area contributed by atoms with Crippen LogP contribution in [0.25, 0.3) is 0 Å². The second kappa shape index (κ2) is 5.69. The first-order valence-corrected chi connectivity index (χ1v) is 7.20. The minimum Gasteiger partial charge on any atom is -0.347 e. The first-order chi connectivity index (χ1) is 10.2. The third-order valence-electron chi connectivity index (χ3n) is 3.97. The first kappa shape index (κ1) is 13.8. The summed E-state index contributed by atoms with van der Waals surface area (Å²) in [5, 5.41) is 4.17. The number of amides is 1. The molecule has 3 rings (SSSR count). The van der Waals surface area contributed by atoms with Crippen LogP contribution in [0.4, 0.5) is 0 Å². The zero-order valence-corrected chi connectivity index (χ0v) is 12.4.